The van der Waals surface area contributed by atoms with Crippen LogP contribution in [-0.2, 0) is 4.79 Å². The molecule has 0 radical (unpaired) electrons. The topological polar surface area (TPSA) is 110 Å². The van der Waals surface area contributed by atoms with Crippen LogP contribution in [-0.4, -0.2) is 57.3 Å². The van der Waals surface area contributed by atoms with Crippen molar-refractivity contribution in [1.82, 2.24) is 5.32 Å². The molecule has 0 aliphatic heterocycles. The summed E-state index contributed by atoms with van der Waals surface area (Å²) in [6.45, 7) is 4.06. The highest BCUT2D eigenvalue weighted by atomic mass is 16.3. The van der Waals surface area contributed by atoms with Crippen molar-refractivity contribution in [3.8, 4) is 0 Å². The molecule has 0 saturated carbocycles. The number of amides is 1. The summed E-state index contributed by atoms with van der Waals surface area (Å²) in [5, 5.41) is 43.9. The molecule has 374 valence electrons. The molecule has 0 aliphatic rings. The predicted molar refractivity (Wildman–Crippen MR) is 274 cm³/mol. The lowest BCUT2D eigenvalue weighted by Gasteiger charge is -2.27. The number of hydrogen-bond acceptors (Lipinski definition) is 5. The smallest absolute Gasteiger partial charge is 0.249 e. The van der Waals surface area contributed by atoms with Crippen LogP contribution in [0.5, 0.6) is 0 Å². The van der Waals surface area contributed by atoms with Gasteiger partial charge in [0.2, 0.25) is 5.91 Å². The Morgan fingerprint density at radius 2 is 0.651 bits per heavy atom. The Hall–Kier alpha value is -1.21. The van der Waals surface area contributed by atoms with Crippen LogP contribution in [0.1, 0.15) is 303 Å². The molecular formula is C57H111NO5. The molecule has 0 aromatic heterocycles. The zero-order valence-electron chi connectivity index (χ0n) is 42.3. The van der Waals surface area contributed by atoms with Crippen molar-refractivity contribution in [3.63, 3.8) is 0 Å². The number of unbranched alkanes of at least 4 members (excludes halogenated alkanes) is 39. The summed E-state index contributed by atoms with van der Waals surface area (Å²) in [6.07, 6.45) is 62.6. The number of carbonyl (C=O) groups excluding carboxylic acids is 1. The molecule has 0 bridgehead atoms. The number of hydrogen-bond donors (Lipinski definition) is 5. The Morgan fingerprint density at radius 3 is 0.952 bits per heavy atom. The van der Waals surface area contributed by atoms with Gasteiger partial charge in [-0.1, -0.05) is 263 Å². The van der Waals surface area contributed by atoms with Crippen LogP contribution >= 0.6 is 0 Å². The number of aliphatic hydroxyl groups is 4. The number of nitrogens with one attached hydrogen (secondary N) is 1. The maximum atomic E-state index is 12.6. The first-order valence-electron chi connectivity index (χ1n) is 28.2. The summed E-state index contributed by atoms with van der Waals surface area (Å²) in [7, 11) is 0. The summed E-state index contributed by atoms with van der Waals surface area (Å²) >= 11 is 0. The van der Waals surface area contributed by atoms with Crippen LogP contribution in [0.3, 0.4) is 0 Å². The molecule has 0 aromatic rings. The van der Waals surface area contributed by atoms with Crippen LogP contribution in [0.25, 0.3) is 0 Å². The first-order chi connectivity index (χ1) is 31.0. The van der Waals surface area contributed by atoms with Gasteiger partial charge >= 0.3 is 0 Å². The van der Waals surface area contributed by atoms with Gasteiger partial charge in [-0.05, 0) is 64.2 Å². The minimum Gasteiger partial charge on any atom is -0.394 e. The molecule has 0 saturated heterocycles. The number of carbonyl (C=O) groups is 1. The van der Waals surface area contributed by atoms with E-state index in [1.807, 2.05) is 0 Å². The second kappa shape index (κ2) is 51.8. The minimum atomic E-state index is -1.28. The lowest BCUT2D eigenvalue weighted by molar-refractivity contribution is -0.132. The monoisotopic (exact) mass is 890 g/mol. The minimum absolute atomic E-state index is 0.366. The van der Waals surface area contributed by atoms with Gasteiger partial charge < -0.3 is 25.7 Å². The van der Waals surface area contributed by atoms with E-state index >= 15 is 0 Å². The molecule has 1 amide bonds. The fraction of sp³-hybridized carbons (Fsp3) is 0.912. The fourth-order valence-electron chi connectivity index (χ4n) is 8.93. The Balaban J connectivity index is 3.58. The Labute approximate surface area is 393 Å². The average molecular weight is 891 g/mol. The standard InChI is InChI=1S/C57H111NO5/c1-3-5-7-9-11-13-15-17-19-20-21-22-23-24-25-26-27-28-29-30-31-32-33-34-35-37-39-41-43-45-47-49-51-55(61)57(63)58-53(52-59)56(62)54(60)50-48-46-44-42-40-38-36-18-16-14-12-10-8-6-4-2/h24-25,42,44,53-56,59-62H,3-23,26-41,43,45-52H2,1-2H3,(H,58,63)/b25-24-,44-42+. The van der Waals surface area contributed by atoms with E-state index in [9.17, 15) is 25.2 Å². The van der Waals surface area contributed by atoms with Crippen LogP contribution in [0.15, 0.2) is 24.3 Å². The second-order valence-electron chi connectivity index (χ2n) is 19.6. The second-order valence-corrected chi connectivity index (χ2v) is 19.6. The molecule has 0 rings (SSSR count). The number of aliphatic hydroxyl groups excluding tert-OH is 4. The third-order valence-electron chi connectivity index (χ3n) is 13.4. The molecule has 0 spiro atoms. The van der Waals surface area contributed by atoms with E-state index in [0.717, 1.165) is 38.5 Å². The van der Waals surface area contributed by atoms with Gasteiger partial charge in [0.05, 0.1) is 18.8 Å². The van der Waals surface area contributed by atoms with E-state index in [1.165, 1.54) is 238 Å². The first kappa shape index (κ1) is 61.8. The van der Waals surface area contributed by atoms with Crippen molar-refractivity contribution in [2.24, 2.45) is 0 Å². The summed E-state index contributed by atoms with van der Waals surface area (Å²) in [5.41, 5.74) is 0. The van der Waals surface area contributed by atoms with Crippen molar-refractivity contribution in [2.45, 2.75) is 327 Å². The SMILES string of the molecule is CCCCCCCCCCCC/C=C/CCCC(O)C(O)C(CO)NC(=O)C(O)CCCCCCCCCCCCCCCCCC/C=C\CCCCCCCCCCCCCC. The zero-order valence-corrected chi connectivity index (χ0v) is 42.3. The van der Waals surface area contributed by atoms with Gasteiger partial charge in [-0.3, -0.25) is 4.79 Å². The molecule has 0 aromatic carbocycles. The highest BCUT2D eigenvalue weighted by Gasteiger charge is 2.28. The van der Waals surface area contributed by atoms with E-state index in [-0.39, 0.29) is 0 Å². The maximum absolute atomic E-state index is 12.6. The van der Waals surface area contributed by atoms with Crippen molar-refractivity contribution in [1.29, 1.82) is 0 Å². The molecule has 0 aliphatic carbocycles. The molecule has 4 unspecified atom stereocenters. The summed E-state index contributed by atoms with van der Waals surface area (Å²) in [5.74, 6) is -0.589. The van der Waals surface area contributed by atoms with Crippen LogP contribution in [0.2, 0.25) is 0 Å². The van der Waals surface area contributed by atoms with Gasteiger partial charge in [0, 0.05) is 0 Å². The summed E-state index contributed by atoms with van der Waals surface area (Å²) in [4.78, 5) is 12.6. The quantitative estimate of drug-likeness (QED) is 0.0309. The van der Waals surface area contributed by atoms with Crippen LogP contribution < -0.4 is 5.32 Å². The summed E-state index contributed by atoms with van der Waals surface area (Å²) in [6, 6.07) is -1.000. The number of allylic oxidation sites excluding steroid dienone is 4. The average Bonchev–Trinajstić information content (AvgIpc) is 3.29. The summed E-state index contributed by atoms with van der Waals surface area (Å²) < 4.78 is 0. The molecule has 63 heavy (non-hydrogen) atoms. The van der Waals surface area contributed by atoms with Gasteiger partial charge in [0.15, 0.2) is 0 Å². The fourth-order valence-corrected chi connectivity index (χ4v) is 8.93. The molecule has 5 N–H and O–H groups in total. The normalized spacial score (nSPS) is 13.9. The molecular weight excluding hydrogens is 779 g/mol. The van der Waals surface area contributed by atoms with E-state index in [4.69, 9.17) is 0 Å². The van der Waals surface area contributed by atoms with Crippen molar-refractivity contribution in [3.05, 3.63) is 24.3 Å². The highest BCUT2D eigenvalue weighted by Crippen LogP contribution is 2.17. The third-order valence-corrected chi connectivity index (χ3v) is 13.4. The van der Waals surface area contributed by atoms with E-state index < -0.39 is 36.9 Å². The predicted octanol–water partition coefficient (Wildman–Crippen LogP) is 16.3. The molecule has 6 nitrogen and oxygen atoms in total. The Morgan fingerprint density at radius 1 is 0.381 bits per heavy atom. The van der Waals surface area contributed by atoms with Gasteiger partial charge in [-0.15, -0.1) is 0 Å². The maximum Gasteiger partial charge on any atom is 0.249 e. The van der Waals surface area contributed by atoms with Gasteiger partial charge in [0.1, 0.15) is 12.2 Å². The molecule has 0 fully saturated rings. The van der Waals surface area contributed by atoms with E-state index in [2.05, 4.69) is 43.5 Å². The Kier molecular flexibility index (Phi) is 50.8. The lowest BCUT2D eigenvalue weighted by atomic mass is 10.00. The molecule has 0 heterocycles. The van der Waals surface area contributed by atoms with E-state index in [0.29, 0.717) is 12.8 Å². The van der Waals surface area contributed by atoms with Gasteiger partial charge in [0.25, 0.3) is 0 Å². The largest absolute Gasteiger partial charge is 0.394 e. The highest BCUT2D eigenvalue weighted by molar-refractivity contribution is 5.80. The molecule has 6 heteroatoms. The van der Waals surface area contributed by atoms with E-state index in [1.54, 1.807) is 0 Å². The third kappa shape index (κ3) is 45.7. The van der Waals surface area contributed by atoms with Crippen molar-refractivity contribution in [2.75, 3.05) is 6.61 Å². The van der Waals surface area contributed by atoms with Crippen molar-refractivity contribution < 1.29 is 25.2 Å². The number of rotatable bonds is 52. The molecule has 4 atom stereocenters. The van der Waals surface area contributed by atoms with Crippen molar-refractivity contribution >= 4 is 5.91 Å². The van der Waals surface area contributed by atoms with Gasteiger partial charge in [-0.2, -0.15) is 0 Å². The zero-order chi connectivity index (χ0) is 45.9. The lowest BCUT2D eigenvalue weighted by Crippen LogP contribution is -2.53. The Bertz CT molecular complexity index is 955. The van der Waals surface area contributed by atoms with Crippen LogP contribution in [0, 0.1) is 0 Å². The van der Waals surface area contributed by atoms with Gasteiger partial charge in [-0.25, -0.2) is 0 Å². The van der Waals surface area contributed by atoms with Crippen LogP contribution in [0.4, 0.5) is 0 Å². The first-order valence-corrected chi connectivity index (χ1v) is 28.2.